The highest BCUT2D eigenvalue weighted by Crippen LogP contribution is 2.77. The minimum absolute atomic E-state index is 0.0463. The lowest BCUT2D eigenvalue weighted by Gasteiger charge is -2.72. The topological polar surface area (TPSA) is 83.3 Å². The maximum Gasteiger partial charge on any atom is 0.373 e. The van der Waals surface area contributed by atoms with Gasteiger partial charge in [-0.3, -0.25) is 0 Å². The summed E-state index contributed by atoms with van der Waals surface area (Å²) in [7, 11) is 0. The molecule has 2 N–H and O–H groups in total. The molecule has 4 fully saturated rings. The molecule has 9 atom stereocenters. The first kappa shape index (κ1) is 28.1. The summed E-state index contributed by atoms with van der Waals surface area (Å²) < 4.78 is 0. The van der Waals surface area contributed by atoms with E-state index in [0.717, 1.165) is 24.8 Å². The Hall–Kier alpha value is -2.01. The van der Waals surface area contributed by atoms with Crippen molar-refractivity contribution in [1.29, 1.82) is 0 Å². The minimum Gasteiger partial charge on any atom is -0.475 e. The van der Waals surface area contributed by atoms with Crippen LogP contribution in [0.3, 0.4) is 0 Å². The number of fused-ring (bicyclic) bond motifs is 7. The Bertz CT molecular complexity index is 1250. The van der Waals surface area contributed by atoms with Crippen LogP contribution >= 0.6 is 0 Å². The fraction of sp³-hybridized carbons (Fsp3) is 0.743. The summed E-state index contributed by atoms with van der Waals surface area (Å²) in [4.78, 5) is 19.6. The lowest BCUT2D eigenvalue weighted by Crippen LogP contribution is -2.65. The third-order valence-corrected chi connectivity index (χ3v) is 14.3. The second-order valence-corrected chi connectivity index (χ2v) is 15.9. The number of rotatable bonds is 4. The molecule has 0 saturated heterocycles. The fourth-order valence-corrected chi connectivity index (χ4v) is 12.2. The van der Waals surface area contributed by atoms with E-state index in [2.05, 4.69) is 64.2 Å². The molecule has 1 aromatic rings. The summed E-state index contributed by atoms with van der Waals surface area (Å²) in [5.41, 5.74) is 4.39. The number of nitrogens with zero attached hydrogens (tertiary/aromatic N) is 2. The monoisotopic (exact) mass is 546 g/mol. The average Bonchev–Trinajstić information content (AvgIpc) is 3.29. The van der Waals surface area contributed by atoms with Gasteiger partial charge in [-0.15, -0.1) is 0 Å². The number of allylic oxidation sites excluding steroid dienone is 3. The molecule has 0 amide bonds. The van der Waals surface area contributed by atoms with Gasteiger partial charge in [0.25, 0.3) is 0 Å². The van der Waals surface area contributed by atoms with Crippen molar-refractivity contribution in [2.24, 2.45) is 56.7 Å². The molecule has 4 saturated carbocycles. The minimum atomic E-state index is -1.09. The third kappa shape index (κ3) is 3.51. The first-order valence-electron chi connectivity index (χ1n) is 15.8. The van der Waals surface area contributed by atoms with Crippen molar-refractivity contribution >= 4 is 11.5 Å². The smallest absolute Gasteiger partial charge is 0.373 e. The second kappa shape index (κ2) is 8.99. The van der Waals surface area contributed by atoms with Crippen molar-refractivity contribution in [1.82, 2.24) is 9.97 Å². The molecule has 1 aromatic heterocycles. The Balaban J connectivity index is 1.36. The zero-order valence-corrected chi connectivity index (χ0v) is 25.6. The first-order valence-corrected chi connectivity index (χ1v) is 15.8. The molecule has 0 bridgehead atoms. The van der Waals surface area contributed by atoms with E-state index in [4.69, 9.17) is 0 Å². The molecule has 0 unspecified atom stereocenters. The number of carboxylic acid groups (broad SMARTS) is 1. The van der Waals surface area contributed by atoms with Crippen molar-refractivity contribution in [2.75, 3.05) is 6.61 Å². The maximum atomic E-state index is 11.3. The van der Waals surface area contributed by atoms with E-state index in [1.54, 1.807) is 12.4 Å². The van der Waals surface area contributed by atoms with Crippen LogP contribution < -0.4 is 0 Å². The lowest BCUT2D eigenvalue weighted by atomic mass is 9.32. The van der Waals surface area contributed by atoms with E-state index in [-0.39, 0.29) is 32.9 Å². The van der Waals surface area contributed by atoms with Crippen LogP contribution in [-0.2, 0) is 0 Å². The molecule has 5 aliphatic carbocycles. The van der Waals surface area contributed by atoms with Crippen LogP contribution in [0.25, 0.3) is 5.57 Å². The highest BCUT2D eigenvalue weighted by Gasteiger charge is 2.70. The van der Waals surface area contributed by atoms with Crippen molar-refractivity contribution < 1.29 is 15.0 Å². The molecule has 40 heavy (non-hydrogen) atoms. The fourth-order valence-electron chi connectivity index (χ4n) is 12.2. The van der Waals surface area contributed by atoms with Gasteiger partial charge in [0.15, 0.2) is 0 Å². The molecular weight excluding hydrogens is 496 g/mol. The summed E-state index contributed by atoms with van der Waals surface area (Å²) in [6.07, 6.45) is 16.7. The number of aliphatic hydroxyl groups excluding tert-OH is 1. The molecule has 0 aromatic carbocycles. The van der Waals surface area contributed by atoms with Gasteiger partial charge in [-0.2, -0.15) is 0 Å². The van der Waals surface area contributed by atoms with E-state index in [0.29, 0.717) is 36.2 Å². The maximum absolute atomic E-state index is 11.3. The summed E-state index contributed by atoms with van der Waals surface area (Å²) in [5, 5.41) is 20.0. The highest BCUT2D eigenvalue weighted by atomic mass is 16.4. The SMILES string of the molecule is C=C(C)[C@@H]1CC[C@]2(CO)CC[C@]3(C)[C@H](CC[C@@H]4[C@@]5(C)CC=C(c6cnc(C(=O)O)nc6)C(C)(C)[C@@H]5CC[C@]43C)[C@@H]12. The predicted octanol–water partition coefficient (Wildman–Crippen LogP) is 7.82. The van der Waals surface area contributed by atoms with Crippen LogP contribution in [0.4, 0.5) is 0 Å². The molecule has 0 spiro atoms. The first-order chi connectivity index (χ1) is 18.7. The Kier molecular flexibility index (Phi) is 6.32. The third-order valence-electron chi connectivity index (χ3n) is 14.3. The van der Waals surface area contributed by atoms with Crippen LogP contribution in [0.2, 0.25) is 0 Å². The molecule has 6 rings (SSSR count). The van der Waals surface area contributed by atoms with Crippen LogP contribution in [0, 0.1) is 56.7 Å². The lowest BCUT2D eigenvalue weighted by molar-refractivity contribution is -0.228. The normalized spacial score (nSPS) is 45.4. The number of aromatic nitrogens is 2. The Morgan fingerprint density at radius 2 is 1.65 bits per heavy atom. The van der Waals surface area contributed by atoms with Crippen molar-refractivity contribution in [3.8, 4) is 0 Å². The summed E-state index contributed by atoms with van der Waals surface area (Å²) in [6.45, 7) is 19.7. The van der Waals surface area contributed by atoms with Gasteiger partial charge in [-0.25, -0.2) is 14.8 Å². The summed E-state index contributed by atoms with van der Waals surface area (Å²) in [6, 6.07) is 0. The zero-order valence-electron chi connectivity index (χ0n) is 25.6. The van der Waals surface area contributed by atoms with Gasteiger partial charge in [0.05, 0.1) is 0 Å². The molecule has 0 radical (unpaired) electrons. The Morgan fingerprint density at radius 3 is 2.27 bits per heavy atom. The van der Waals surface area contributed by atoms with Crippen LogP contribution in [0.5, 0.6) is 0 Å². The van der Waals surface area contributed by atoms with E-state index < -0.39 is 5.97 Å². The molecular formula is C35H50N2O3. The molecule has 5 heteroatoms. The Labute approximate surface area is 241 Å². The van der Waals surface area contributed by atoms with Crippen LogP contribution in [0.15, 0.2) is 30.6 Å². The van der Waals surface area contributed by atoms with Gasteiger partial charge in [-0.05, 0) is 127 Å². The van der Waals surface area contributed by atoms with Gasteiger partial charge in [0, 0.05) is 24.6 Å². The highest BCUT2D eigenvalue weighted by molar-refractivity contribution is 5.83. The number of hydrogen-bond donors (Lipinski definition) is 2. The van der Waals surface area contributed by atoms with Gasteiger partial charge >= 0.3 is 5.97 Å². The zero-order chi connectivity index (χ0) is 28.9. The van der Waals surface area contributed by atoms with Gasteiger partial charge in [-0.1, -0.05) is 52.8 Å². The van der Waals surface area contributed by atoms with E-state index >= 15 is 0 Å². The van der Waals surface area contributed by atoms with Crippen LogP contribution in [-0.4, -0.2) is 32.8 Å². The molecule has 1 heterocycles. The second-order valence-electron chi connectivity index (χ2n) is 15.9. The predicted molar refractivity (Wildman–Crippen MR) is 158 cm³/mol. The quantitative estimate of drug-likeness (QED) is 0.376. The average molecular weight is 547 g/mol. The number of aliphatic hydroxyl groups is 1. The number of carbonyl (C=O) groups is 1. The van der Waals surface area contributed by atoms with E-state index in [9.17, 15) is 15.0 Å². The van der Waals surface area contributed by atoms with Crippen molar-refractivity contribution in [3.63, 3.8) is 0 Å². The molecule has 5 aliphatic rings. The van der Waals surface area contributed by atoms with Gasteiger partial charge < -0.3 is 10.2 Å². The number of carboxylic acids is 1. The van der Waals surface area contributed by atoms with Crippen molar-refractivity contribution in [2.45, 2.75) is 99.3 Å². The van der Waals surface area contributed by atoms with E-state index in [1.165, 1.54) is 49.7 Å². The standard InChI is InChI=1S/C35H50N2O3/c1-21(2)23-10-15-35(20-38)17-16-33(6)25(28(23)35)8-9-27-32(5)13-11-24(22-18-36-29(30(39)40)37-19-22)31(3,4)26(32)12-14-34(27,33)7/h11,18-19,23,25-28,38H,1,8-10,12-17,20H2,2-7H3,(H,39,40)/t23-,25+,26-,27+,28+,32-,33+,34+,35+/m0/s1. The van der Waals surface area contributed by atoms with Gasteiger partial charge in [0.1, 0.15) is 0 Å². The summed E-state index contributed by atoms with van der Waals surface area (Å²) >= 11 is 0. The summed E-state index contributed by atoms with van der Waals surface area (Å²) in [5.74, 6) is 1.76. The van der Waals surface area contributed by atoms with Gasteiger partial charge in [0.2, 0.25) is 5.82 Å². The number of aromatic carboxylic acids is 1. The van der Waals surface area contributed by atoms with Crippen LogP contribution in [0.1, 0.15) is 116 Å². The molecule has 218 valence electrons. The Morgan fingerprint density at radius 1 is 0.950 bits per heavy atom. The number of hydrogen-bond acceptors (Lipinski definition) is 4. The largest absolute Gasteiger partial charge is 0.475 e. The molecule has 0 aliphatic heterocycles. The molecule has 5 nitrogen and oxygen atoms in total. The van der Waals surface area contributed by atoms with E-state index in [1.807, 2.05) is 0 Å². The van der Waals surface area contributed by atoms with Crippen molar-refractivity contribution in [3.05, 3.63) is 42.0 Å².